The van der Waals surface area contributed by atoms with Crippen molar-refractivity contribution < 1.29 is 31.5 Å². The maximum atomic E-state index is 13.8. The number of carbonyl (C=O) groups excluding carboxylic acids is 2. The van der Waals surface area contributed by atoms with Gasteiger partial charge in [-0.1, -0.05) is 0 Å². The molecule has 0 radical (unpaired) electrons. The van der Waals surface area contributed by atoms with Crippen molar-refractivity contribution in [3.05, 3.63) is 47.8 Å². The van der Waals surface area contributed by atoms with Crippen LogP contribution in [0, 0.1) is 11.6 Å². The number of carbonyl (C=O) groups is 2. The summed E-state index contributed by atoms with van der Waals surface area (Å²) < 4.78 is 60.4. The van der Waals surface area contributed by atoms with Gasteiger partial charge in [0, 0.05) is 25.9 Å². The normalized spacial score (nSPS) is 17.1. The molecule has 0 spiro atoms. The van der Waals surface area contributed by atoms with Crippen molar-refractivity contribution in [1.29, 1.82) is 0 Å². The summed E-state index contributed by atoms with van der Waals surface area (Å²) in [5, 5.41) is 2.32. The number of hydrogen-bond acceptors (Lipinski definition) is 5. The van der Waals surface area contributed by atoms with Gasteiger partial charge in [-0.2, -0.15) is 4.31 Å². The van der Waals surface area contributed by atoms with Gasteiger partial charge in [0.25, 0.3) is 0 Å². The van der Waals surface area contributed by atoms with Crippen LogP contribution in [0.2, 0.25) is 0 Å². The van der Waals surface area contributed by atoms with Crippen molar-refractivity contribution in [3.63, 3.8) is 0 Å². The molecule has 162 valence electrons. The van der Waals surface area contributed by atoms with E-state index in [0.29, 0.717) is 12.5 Å². The second kappa shape index (κ2) is 8.52. The van der Waals surface area contributed by atoms with Crippen molar-refractivity contribution in [2.24, 2.45) is 7.05 Å². The highest BCUT2D eigenvalue weighted by Gasteiger charge is 2.40. The standard InChI is InChI=1S/C19H21F2N3O5S/c1-3-29-19(26)17-10-13(11-23(17)2)30(27,28)24-8-4-5-16(24)18(25)22-15-7-6-12(20)9-14(15)21/h6-7,9-11,16H,3-5,8H2,1-2H3,(H,22,25)/t16-/m1/s1. The molecule has 1 aliphatic heterocycles. The van der Waals surface area contributed by atoms with E-state index in [1.807, 2.05) is 0 Å². The highest BCUT2D eigenvalue weighted by atomic mass is 32.2. The van der Waals surface area contributed by atoms with E-state index in [2.05, 4.69) is 5.32 Å². The minimum atomic E-state index is -4.10. The summed E-state index contributed by atoms with van der Waals surface area (Å²) in [6.07, 6.45) is 1.95. The number of anilines is 1. The average molecular weight is 441 g/mol. The highest BCUT2D eigenvalue weighted by molar-refractivity contribution is 7.89. The van der Waals surface area contributed by atoms with Crippen molar-refractivity contribution in [2.45, 2.75) is 30.7 Å². The Morgan fingerprint density at radius 2 is 2.00 bits per heavy atom. The fraction of sp³-hybridized carbons (Fsp3) is 0.368. The molecule has 11 heteroatoms. The fourth-order valence-corrected chi connectivity index (χ4v) is 5.04. The molecule has 1 aromatic carbocycles. The van der Waals surface area contributed by atoms with Crippen LogP contribution in [0.3, 0.4) is 0 Å². The molecule has 0 saturated carbocycles. The number of aryl methyl sites for hydroxylation is 1. The molecule has 0 aliphatic carbocycles. The van der Waals surface area contributed by atoms with E-state index < -0.39 is 39.6 Å². The minimum absolute atomic E-state index is 0.0593. The molecule has 1 aliphatic rings. The maximum absolute atomic E-state index is 13.8. The summed E-state index contributed by atoms with van der Waals surface area (Å²) in [5.74, 6) is -3.14. The van der Waals surface area contributed by atoms with Gasteiger partial charge in [0.05, 0.1) is 12.3 Å². The Balaban J connectivity index is 1.84. The first-order chi connectivity index (χ1) is 14.1. The third-order valence-corrected chi connectivity index (χ3v) is 6.64. The number of rotatable bonds is 6. The van der Waals surface area contributed by atoms with Crippen LogP contribution in [-0.2, 0) is 26.6 Å². The van der Waals surface area contributed by atoms with Crippen LogP contribution in [0.15, 0.2) is 35.4 Å². The SMILES string of the molecule is CCOC(=O)c1cc(S(=O)(=O)N2CCC[C@@H]2C(=O)Nc2ccc(F)cc2F)cn1C. The van der Waals surface area contributed by atoms with E-state index in [-0.39, 0.29) is 35.8 Å². The number of ether oxygens (including phenoxy) is 1. The van der Waals surface area contributed by atoms with Crippen molar-refractivity contribution in [1.82, 2.24) is 8.87 Å². The molecule has 1 atom stereocenters. The van der Waals surface area contributed by atoms with Gasteiger partial charge in [-0.3, -0.25) is 4.79 Å². The smallest absolute Gasteiger partial charge is 0.354 e. The third-order valence-electron chi connectivity index (χ3n) is 4.77. The van der Waals surface area contributed by atoms with E-state index in [9.17, 15) is 26.8 Å². The second-order valence-electron chi connectivity index (χ2n) is 6.78. The van der Waals surface area contributed by atoms with Crippen LogP contribution in [-0.4, -0.2) is 48.4 Å². The predicted octanol–water partition coefficient (Wildman–Crippen LogP) is 2.27. The number of aromatic nitrogens is 1. The summed E-state index contributed by atoms with van der Waals surface area (Å²) in [5.41, 5.74) is -0.182. The topological polar surface area (TPSA) is 97.7 Å². The molecule has 1 aromatic heterocycles. The number of nitrogens with one attached hydrogen (secondary N) is 1. The fourth-order valence-electron chi connectivity index (χ4n) is 3.32. The monoisotopic (exact) mass is 441 g/mol. The summed E-state index contributed by atoms with van der Waals surface area (Å²) >= 11 is 0. The maximum Gasteiger partial charge on any atom is 0.354 e. The molecule has 30 heavy (non-hydrogen) atoms. The molecule has 2 heterocycles. The lowest BCUT2D eigenvalue weighted by molar-refractivity contribution is -0.119. The van der Waals surface area contributed by atoms with E-state index in [4.69, 9.17) is 4.74 Å². The Morgan fingerprint density at radius 1 is 1.27 bits per heavy atom. The van der Waals surface area contributed by atoms with Crippen LogP contribution >= 0.6 is 0 Å². The Morgan fingerprint density at radius 3 is 2.67 bits per heavy atom. The molecule has 1 fully saturated rings. The molecule has 2 aromatic rings. The van der Waals surface area contributed by atoms with Gasteiger partial charge >= 0.3 is 5.97 Å². The van der Waals surface area contributed by atoms with Crippen LogP contribution in [0.1, 0.15) is 30.3 Å². The van der Waals surface area contributed by atoms with Crippen molar-refractivity contribution >= 4 is 27.6 Å². The van der Waals surface area contributed by atoms with Crippen LogP contribution in [0.5, 0.6) is 0 Å². The molecule has 1 saturated heterocycles. The first-order valence-corrected chi connectivity index (χ1v) is 10.7. The van der Waals surface area contributed by atoms with Gasteiger partial charge in [0.15, 0.2) is 0 Å². The number of benzene rings is 1. The second-order valence-corrected chi connectivity index (χ2v) is 8.67. The number of amides is 1. The van der Waals surface area contributed by atoms with Crippen LogP contribution in [0.25, 0.3) is 0 Å². The lowest BCUT2D eigenvalue weighted by Crippen LogP contribution is -2.43. The lowest BCUT2D eigenvalue weighted by Gasteiger charge is -2.23. The Kier molecular flexibility index (Phi) is 6.22. The number of nitrogens with zero attached hydrogens (tertiary/aromatic N) is 2. The number of hydrogen-bond donors (Lipinski definition) is 1. The molecular formula is C19H21F2N3O5S. The van der Waals surface area contributed by atoms with Gasteiger partial charge in [-0.25, -0.2) is 22.0 Å². The molecule has 3 rings (SSSR count). The van der Waals surface area contributed by atoms with Gasteiger partial charge < -0.3 is 14.6 Å². The quantitative estimate of drug-likeness (QED) is 0.694. The Hall–Kier alpha value is -2.79. The van der Waals surface area contributed by atoms with E-state index in [1.165, 1.54) is 23.9 Å². The number of esters is 1. The first-order valence-electron chi connectivity index (χ1n) is 9.26. The summed E-state index contributed by atoms with van der Waals surface area (Å²) in [4.78, 5) is 24.5. The van der Waals surface area contributed by atoms with Crippen molar-refractivity contribution in [2.75, 3.05) is 18.5 Å². The highest BCUT2D eigenvalue weighted by Crippen LogP contribution is 2.28. The van der Waals surface area contributed by atoms with Crippen molar-refractivity contribution in [3.8, 4) is 0 Å². The zero-order valence-electron chi connectivity index (χ0n) is 16.4. The summed E-state index contributed by atoms with van der Waals surface area (Å²) in [6, 6.07) is 2.81. The zero-order valence-corrected chi connectivity index (χ0v) is 17.2. The van der Waals surface area contributed by atoms with E-state index in [0.717, 1.165) is 16.4 Å². The van der Waals surface area contributed by atoms with Gasteiger partial charge in [0.1, 0.15) is 28.3 Å². The molecular weight excluding hydrogens is 420 g/mol. The number of halogens is 2. The summed E-state index contributed by atoms with van der Waals surface area (Å²) in [6.45, 7) is 1.87. The first kappa shape index (κ1) is 21.9. The Bertz CT molecular complexity index is 1080. The summed E-state index contributed by atoms with van der Waals surface area (Å²) in [7, 11) is -2.59. The minimum Gasteiger partial charge on any atom is -0.461 e. The molecule has 0 unspecified atom stereocenters. The average Bonchev–Trinajstić information content (AvgIpc) is 3.32. The lowest BCUT2D eigenvalue weighted by atomic mass is 10.2. The molecule has 1 N–H and O–H groups in total. The largest absolute Gasteiger partial charge is 0.461 e. The van der Waals surface area contributed by atoms with Gasteiger partial charge in [0.2, 0.25) is 15.9 Å². The van der Waals surface area contributed by atoms with Gasteiger partial charge in [-0.05, 0) is 38.0 Å². The molecule has 0 bridgehead atoms. The predicted molar refractivity (Wildman–Crippen MR) is 103 cm³/mol. The van der Waals surface area contributed by atoms with Crippen LogP contribution < -0.4 is 5.32 Å². The van der Waals surface area contributed by atoms with E-state index >= 15 is 0 Å². The molecule has 8 nitrogen and oxygen atoms in total. The van der Waals surface area contributed by atoms with E-state index in [1.54, 1.807) is 6.92 Å². The Labute approximate surface area is 172 Å². The third kappa shape index (κ3) is 4.21. The molecule has 1 amide bonds. The van der Waals surface area contributed by atoms with Crippen LogP contribution in [0.4, 0.5) is 14.5 Å². The van der Waals surface area contributed by atoms with Gasteiger partial charge in [-0.15, -0.1) is 0 Å². The zero-order chi connectivity index (χ0) is 22.1. The number of sulfonamides is 1.